The Kier molecular flexibility index (Phi) is 4.83. The predicted octanol–water partition coefficient (Wildman–Crippen LogP) is 2.89. The molecule has 0 bridgehead atoms. The zero-order valence-corrected chi connectivity index (χ0v) is 11.2. The summed E-state index contributed by atoms with van der Waals surface area (Å²) >= 11 is 0. The van der Waals surface area contributed by atoms with Crippen molar-refractivity contribution in [1.29, 1.82) is 0 Å². The first-order chi connectivity index (χ1) is 8.79. The molecular formula is C15H23N3. The van der Waals surface area contributed by atoms with E-state index in [1.165, 1.54) is 32.1 Å². The first-order valence-electron chi connectivity index (χ1n) is 7.00. The lowest BCUT2D eigenvalue weighted by Crippen LogP contribution is -2.25. The monoisotopic (exact) mass is 245 g/mol. The highest BCUT2D eigenvalue weighted by molar-refractivity contribution is 5.00. The predicted molar refractivity (Wildman–Crippen MR) is 74.1 cm³/mol. The van der Waals surface area contributed by atoms with E-state index in [-0.39, 0.29) is 0 Å². The summed E-state index contributed by atoms with van der Waals surface area (Å²) in [4.78, 5) is 0. The molecule has 1 N–H and O–H groups in total. The molecule has 2 rings (SSSR count). The van der Waals surface area contributed by atoms with Crippen LogP contribution in [0.5, 0.6) is 0 Å². The van der Waals surface area contributed by atoms with Crippen molar-refractivity contribution in [2.24, 2.45) is 0 Å². The summed E-state index contributed by atoms with van der Waals surface area (Å²) in [5, 5.41) is 8.07. The lowest BCUT2D eigenvalue weighted by atomic mass is 9.96. The van der Waals surface area contributed by atoms with Gasteiger partial charge in [0, 0.05) is 25.2 Å². The Morgan fingerprint density at radius 3 is 3.00 bits per heavy atom. The van der Waals surface area contributed by atoms with Crippen LogP contribution in [0.15, 0.2) is 12.3 Å². The van der Waals surface area contributed by atoms with Crippen LogP contribution in [0.4, 0.5) is 0 Å². The van der Waals surface area contributed by atoms with Crippen molar-refractivity contribution in [1.82, 2.24) is 15.1 Å². The van der Waals surface area contributed by atoms with Gasteiger partial charge in [0.2, 0.25) is 0 Å². The molecular weight excluding hydrogens is 222 g/mol. The van der Waals surface area contributed by atoms with Crippen LogP contribution >= 0.6 is 0 Å². The van der Waals surface area contributed by atoms with Gasteiger partial charge in [0.1, 0.15) is 0 Å². The largest absolute Gasteiger partial charge is 0.308 e. The minimum absolute atomic E-state index is 0.356. The summed E-state index contributed by atoms with van der Waals surface area (Å²) in [5.41, 5.74) is 1.12. The molecule has 0 amide bonds. The maximum absolute atomic E-state index is 5.29. The lowest BCUT2D eigenvalue weighted by molar-refractivity contribution is 0.327. The number of hydrogen-bond donors (Lipinski definition) is 1. The van der Waals surface area contributed by atoms with Gasteiger partial charge < -0.3 is 5.32 Å². The van der Waals surface area contributed by atoms with Crippen LogP contribution in [-0.4, -0.2) is 15.8 Å². The van der Waals surface area contributed by atoms with Crippen molar-refractivity contribution in [2.45, 2.75) is 64.1 Å². The highest BCUT2D eigenvalue weighted by atomic mass is 15.3. The smallest absolute Gasteiger partial charge is 0.0762 e. The SMILES string of the molecule is C#CCC(C)NCc1ccn(C2CCCCC2)n1. The summed E-state index contributed by atoms with van der Waals surface area (Å²) in [6.07, 6.45) is 14.8. The Balaban J connectivity index is 1.84. The molecule has 0 aliphatic heterocycles. The summed E-state index contributed by atoms with van der Waals surface area (Å²) < 4.78 is 2.15. The molecule has 1 unspecified atom stereocenters. The van der Waals surface area contributed by atoms with Crippen molar-refractivity contribution < 1.29 is 0 Å². The van der Waals surface area contributed by atoms with Gasteiger partial charge in [0.15, 0.2) is 0 Å². The standard InChI is InChI=1S/C15H23N3/c1-3-7-13(2)16-12-14-10-11-18(17-14)15-8-5-4-6-9-15/h1,10-11,13,15-16H,4-9,12H2,2H3. The first-order valence-corrected chi connectivity index (χ1v) is 7.00. The van der Waals surface area contributed by atoms with Crippen LogP contribution in [0.3, 0.4) is 0 Å². The second-order valence-corrected chi connectivity index (χ2v) is 5.27. The van der Waals surface area contributed by atoms with Gasteiger partial charge in [-0.05, 0) is 25.8 Å². The summed E-state index contributed by atoms with van der Waals surface area (Å²) in [7, 11) is 0. The van der Waals surface area contributed by atoms with Crippen molar-refractivity contribution in [3.63, 3.8) is 0 Å². The summed E-state index contributed by atoms with van der Waals surface area (Å²) in [6.45, 7) is 2.92. The number of aromatic nitrogens is 2. The third-order valence-corrected chi connectivity index (χ3v) is 3.67. The van der Waals surface area contributed by atoms with E-state index in [1.54, 1.807) is 0 Å². The average Bonchev–Trinajstić information content (AvgIpc) is 2.87. The van der Waals surface area contributed by atoms with Gasteiger partial charge in [-0.1, -0.05) is 19.3 Å². The Morgan fingerprint density at radius 2 is 2.28 bits per heavy atom. The van der Waals surface area contributed by atoms with Crippen molar-refractivity contribution in [3.8, 4) is 12.3 Å². The fourth-order valence-corrected chi connectivity index (χ4v) is 2.55. The number of terminal acetylenes is 1. The van der Waals surface area contributed by atoms with Crippen LogP contribution in [0.25, 0.3) is 0 Å². The van der Waals surface area contributed by atoms with Gasteiger partial charge >= 0.3 is 0 Å². The third-order valence-electron chi connectivity index (χ3n) is 3.67. The van der Waals surface area contributed by atoms with Crippen LogP contribution in [0.2, 0.25) is 0 Å². The van der Waals surface area contributed by atoms with E-state index >= 15 is 0 Å². The Morgan fingerprint density at radius 1 is 1.50 bits per heavy atom. The van der Waals surface area contributed by atoms with Gasteiger partial charge in [-0.15, -0.1) is 12.3 Å². The van der Waals surface area contributed by atoms with Crippen LogP contribution in [0.1, 0.15) is 57.2 Å². The maximum atomic E-state index is 5.29. The van der Waals surface area contributed by atoms with Gasteiger partial charge in [-0.2, -0.15) is 5.10 Å². The summed E-state index contributed by atoms with van der Waals surface area (Å²) in [6, 6.07) is 3.09. The average molecular weight is 245 g/mol. The van der Waals surface area contributed by atoms with Crippen molar-refractivity contribution in [2.75, 3.05) is 0 Å². The van der Waals surface area contributed by atoms with Gasteiger partial charge in [-0.3, -0.25) is 4.68 Å². The van der Waals surface area contributed by atoms with E-state index in [0.29, 0.717) is 12.1 Å². The van der Waals surface area contributed by atoms with E-state index < -0.39 is 0 Å². The molecule has 0 aromatic carbocycles. The zero-order chi connectivity index (χ0) is 12.8. The highest BCUT2D eigenvalue weighted by Gasteiger charge is 2.15. The molecule has 3 heteroatoms. The number of hydrogen-bond acceptors (Lipinski definition) is 2. The Labute approximate surface area is 110 Å². The Bertz CT molecular complexity index is 396. The number of rotatable bonds is 5. The van der Waals surface area contributed by atoms with E-state index in [0.717, 1.165) is 18.7 Å². The number of nitrogens with zero attached hydrogens (tertiary/aromatic N) is 2. The summed E-state index contributed by atoms with van der Waals surface area (Å²) in [5.74, 6) is 2.67. The maximum Gasteiger partial charge on any atom is 0.0762 e. The fraction of sp³-hybridized carbons (Fsp3) is 0.667. The molecule has 98 valence electrons. The molecule has 18 heavy (non-hydrogen) atoms. The number of nitrogens with one attached hydrogen (secondary N) is 1. The molecule has 1 heterocycles. The first kappa shape index (κ1) is 13.2. The molecule has 1 aromatic heterocycles. The van der Waals surface area contributed by atoms with E-state index in [9.17, 15) is 0 Å². The van der Waals surface area contributed by atoms with E-state index in [4.69, 9.17) is 6.42 Å². The quantitative estimate of drug-likeness (QED) is 0.808. The molecule has 3 nitrogen and oxygen atoms in total. The lowest BCUT2D eigenvalue weighted by Gasteiger charge is -2.21. The molecule has 0 saturated heterocycles. The van der Waals surface area contributed by atoms with Gasteiger partial charge in [0.05, 0.1) is 11.7 Å². The van der Waals surface area contributed by atoms with E-state index in [1.807, 2.05) is 0 Å². The topological polar surface area (TPSA) is 29.9 Å². The van der Waals surface area contributed by atoms with Crippen LogP contribution in [0, 0.1) is 12.3 Å². The molecule has 1 aliphatic rings. The van der Waals surface area contributed by atoms with Crippen molar-refractivity contribution in [3.05, 3.63) is 18.0 Å². The fourth-order valence-electron chi connectivity index (χ4n) is 2.55. The molecule has 0 spiro atoms. The molecule has 1 aromatic rings. The van der Waals surface area contributed by atoms with Crippen LogP contribution in [-0.2, 0) is 6.54 Å². The van der Waals surface area contributed by atoms with Gasteiger partial charge in [-0.25, -0.2) is 0 Å². The van der Waals surface area contributed by atoms with Crippen molar-refractivity contribution >= 4 is 0 Å². The Hall–Kier alpha value is -1.27. The molecule has 1 saturated carbocycles. The normalized spacial score (nSPS) is 18.4. The third kappa shape index (κ3) is 3.61. The molecule has 0 radical (unpaired) electrons. The highest BCUT2D eigenvalue weighted by Crippen LogP contribution is 2.27. The minimum atomic E-state index is 0.356. The molecule has 1 atom stereocenters. The molecule has 1 fully saturated rings. The van der Waals surface area contributed by atoms with E-state index in [2.05, 4.69) is 40.2 Å². The second kappa shape index (κ2) is 6.61. The second-order valence-electron chi connectivity index (χ2n) is 5.27. The zero-order valence-electron chi connectivity index (χ0n) is 11.2. The molecule has 1 aliphatic carbocycles. The van der Waals surface area contributed by atoms with Crippen LogP contribution < -0.4 is 5.32 Å². The minimum Gasteiger partial charge on any atom is -0.308 e. The van der Waals surface area contributed by atoms with Gasteiger partial charge in [0.25, 0.3) is 0 Å².